The largest absolute Gasteiger partial charge is 0.437 e. The number of nitrogens with zero attached hydrogens (tertiary/aromatic N) is 2. The van der Waals surface area contributed by atoms with E-state index in [4.69, 9.17) is 10.5 Å². The van der Waals surface area contributed by atoms with Gasteiger partial charge >= 0.3 is 0 Å². The van der Waals surface area contributed by atoms with Crippen LogP contribution >= 0.6 is 0 Å². The third-order valence-electron chi connectivity index (χ3n) is 3.73. The average Bonchev–Trinajstić information content (AvgIpc) is 2.82. The van der Waals surface area contributed by atoms with E-state index in [1.807, 2.05) is 40.9 Å². The second kappa shape index (κ2) is 5.58. The number of imidazole rings is 1. The third-order valence-corrected chi connectivity index (χ3v) is 3.73. The van der Waals surface area contributed by atoms with Crippen LogP contribution in [0.25, 0.3) is 5.65 Å². The summed E-state index contributed by atoms with van der Waals surface area (Å²) in [6.07, 6.45) is 2.72. The highest BCUT2D eigenvalue weighted by Crippen LogP contribution is 2.29. The van der Waals surface area contributed by atoms with Gasteiger partial charge in [0.1, 0.15) is 11.4 Å². The first kappa shape index (κ1) is 13.6. The molecule has 0 aliphatic rings. The van der Waals surface area contributed by atoms with Crippen LogP contribution in [0.15, 0.2) is 42.6 Å². The summed E-state index contributed by atoms with van der Waals surface area (Å²) < 4.78 is 8.11. The molecule has 0 bridgehead atoms. The van der Waals surface area contributed by atoms with Gasteiger partial charge in [-0.15, -0.1) is 0 Å². The van der Waals surface area contributed by atoms with Gasteiger partial charge in [-0.25, -0.2) is 0 Å². The Balaban J connectivity index is 2.07. The molecule has 0 spiro atoms. The van der Waals surface area contributed by atoms with Gasteiger partial charge in [0.05, 0.1) is 5.69 Å². The minimum Gasteiger partial charge on any atom is -0.437 e. The van der Waals surface area contributed by atoms with Gasteiger partial charge in [-0.05, 0) is 49.7 Å². The predicted molar refractivity (Wildman–Crippen MR) is 83.9 cm³/mol. The number of hydrogen-bond donors (Lipinski definition) is 1. The lowest BCUT2D eigenvalue weighted by molar-refractivity contribution is 0.455. The molecule has 108 valence electrons. The van der Waals surface area contributed by atoms with Gasteiger partial charge in [0.15, 0.2) is 0 Å². The summed E-state index contributed by atoms with van der Waals surface area (Å²) in [6.45, 7) is 4.70. The van der Waals surface area contributed by atoms with Crippen molar-refractivity contribution in [2.45, 2.75) is 20.3 Å². The lowest BCUT2D eigenvalue weighted by Crippen LogP contribution is -2.06. The first-order chi connectivity index (χ1) is 10.2. The van der Waals surface area contributed by atoms with Crippen molar-refractivity contribution in [1.29, 1.82) is 0 Å². The highest BCUT2D eigenvalue weighted by atomic mass is 16.5. The summed E-state index contributed by atoms with van der Waals surface area (Å²) in [5.41, 5.74) is 9.95. The third kappa shape index (κ3) is 2.50. The fourth-order valence-electron chi connectivity index (χ4n) is 2.41. The van der Waals surface area contributed by atoms with Crippen molar-refractivity contribution in [2.75, 3.05) is 6.54 Å². The predicted octanol–water partition coefficient (Wildman–Crippen LogP) is 3.24. The zero-order valence-corrected chi connectivity index (χ0v) is 12.3. The quantitative estimate of drug-likeness (QED) is 0.798. The van der Waals surface area contributed by atoms with Crippen molar-refractivity contribution in [2.24, 2.45) is 5.73 Å². The van der Waals surface area contributed by atoms with Crippen molar-refractivity contribution in [3.05, 3.63) is 59.4 Å². The van der Waals surface area contributed by atoms with E-state index in [1.165, 1.54) is 5.56 Å². The SMILES string of the molecule is Cc1cccc(Oc2nc3ccccn3c2CCN)c1C. The lowest BCUT2D eigenvalue weighted by Gasteiger charge is -2.10. The fraction of sp³-hybridized carbons (Fsp3) is 0.235. The maximum absolute atomic E-state index is 6.07. The molecule has 0 saturated carbocycles. The Morgan fingerprint density at radius 1 is 1.14 bits per heavy atom. The van der Waals surface area contributed by atoms with Crippen LogP contribution in [0.4, 0.5) is 0 Å². The molecule has 0 radical (unpaired) electrons. The first-order valence-electron chi connectivity index (χ1n) is 7.11. The summed E-state index contributed by atoms with van der Waals surface area (Å²) >= 11 is 0. The zero-order valence-electron chi connectivity index (χ0n) is 12.3. The van der Waals surface area contributed by atoms with Crippen LogP contribution in [0.2, 0.25) is 0 Å². The lowest BCUT2D eigenvalue weighted by atomic mass is 10.1. The van der Waals surface area contributed by atoms with Crippen molar-refractivity contribution in [3.8, 4) is 11.6 Å². The molecule has 4 heteroatoms. The summed E-state index contributed by atoms with van der Waals surface area (Å²) in [6, 6.07) is 12.0. The van der Waals surface area contributed by atoms with E-state index in [9.17, 15) is 0 Å². The molecule has 0 unspecified atom stereocenters. The second-order valence-corrected chi connectivity index (χ2v) is 5.13. The maximum Gasteiger partial charge on any atom is 0.241 e. The molecule has 0 saturated heterocycles. The molecule has 3 rings (SSSR count). The molecule has 2 heterocycles. The van der Waals surface area contributed by atoms with Gasteiger partial charge < -0.3 is 14.9 Å². The van der Waals surface area contributed by atoms with Gasteiger partial charge in [0, 0.05) is 12.6 Å². The van der Waals surface area contributed by atoms with Crippen LogP contribution in [-0.2, 0) is 6.42 Å². The maximum atomic E-state index is 6.07. The van der Waals surface area contributed by atoms with E-state index in [1.54, 1.807) is 0 Å². The number of aromatic nitrogens is 2. The van der Waals surface area contributed by atoms with Crippen molar-refractivity contribution in [3.63, 3.8) is 0 Å². The molecule has 21 heavy (non-hydrogen) atoms. The number of aryl methyl sites for hydroxylation is 1. The van der Waals surface area contributed by atoms with Crippen molar-refractivity contribution < 1.29 is 4.74 Å². The van der Waals surface area contributed by atoms with E-state index in [0.29, 0.717) is 12.4 Å². The Morgan fingerprint density at radius 2 is 2.00 bits per heavy atom. The summed E-state index contributed by atoms with van der Waals surface area (Å²) in [5.74, 6) is 1.48. The standard InChI is InChI=1S/C17H19N3O/c1-12-6-5-7-15(13(12)2)21-17-14(9-10-18)20-11-4-3-8-16(20)19-17/h3-8,11H,9-10,18H2,1-2H3. The molecule has 2 aromatic heterocycles. The minimum atomic E-state index is 0.561. The number of rotatable bonds is 4. The van der Waals surface area contributed by atoms with E-state index >= 15 is 0 Å². The Kier molecular flexibility index (Phi) is 3.62. The molecule has 4 nitrogen and oxygen atoms in total. The molecule has 1 aromatic carbocycles. The molecular weight excluding hydrogens is 262 g/mol. The molecule has 0 aliphatic carbocycles. The van der Waals surface area contributed by atoms with Crippen LogP contribution in [0, 0.1) is 13.8 Å². The van der Waals surface area contributed by atoms with E-state index in [0.717, 1.165) is 29.1 Å². The number of benzene rings is 1. The van der Waals surface area contributed by atoms with Gasteiger partial charge in [-0.1, -0.05) is 18.2 Å². The summed E-state index contributed by atoms with van der Waals surface area (Å²) in [7, 11) is 0. The Bertz CT molecular complexity index is 777. The number of nitrogens with two attached hydrogens (primary N) is 1. The van der Waals surface area contributed by atoms with Gasteiger partial charge in [0.2, 0.25) is 5.88 Å². The number of ether oxygens (including phenoxy) is 1. The molecule has 3 aromatic rings. The van der Waals surface area contributed by atoms with Crippen molar-refractivity contribution in [1.82, 2.24) is 9.38 Å². The first-order valence-corrected chi connectivity index (χ1v) is 7.11. The Labute approximate surface area is 124 Å². The van der Waals surface area contributed by atoms with Crippen molar-refractivity contribution >= 4 is 5.65 Å². The fourth-order valence-corrected chi connectivity index (χ4v) is 2.41. The van der Waals surface area contributed by atoms with E-state index in [-0.39, 0.29) is 0 Å². The van der Waals surface area contributed by atoms with Crippen LogP contribution in [0.1, 0.15) is 16.8 Å². The van der Waals surface area contributed by atoms with Crippen LogP contribution in [0.3, 0.4) is 0 Å². The molecule has 0 aliphatic heterocycles. The molecule has 2 N–H and O–H groups in total. The monoisotopic (exact) mass is 281 g/mol. The zero-order chi connectivity index (χ0) is 14.8. The summed E-state index contributed by atoms with van der Waals surface area (Å²) in [4.78, 5) is 4.58. The van der Waals surface area contributed by atoms with Gasteiger partial charge in [0.25, 0.3) is 0 Å². The highest BCUT2D eigenvalue weighted by molar-refractivity contribution is 5.48. The average molecular weight is 281 g/mol. The Morgan fingerprint density at radius 3 is 2.81 bits per heavy atom. The summed E-state index contributed by atoms with van der Waals surface area (Å²) in [5, 5.41) is 0. The molecular formula is C17H19N3O. The Hall–Kier alpha value is -2.33. The normalized spacial score (nSPS) is 11.0. The van der Waals surface area contributed by atoms with Crippen LogP contribution < -0.4 is 10.5 Å². The van der Waals surface area contributed by atoms with Crippen LogP contribution in [-0.4, -0.2) is 15.9 Å². The number of fused-ring (bicyclic) bond motifs is 1. The van der Waals surface area contributed by atoms with Gasteiger partial charge in [-0.2, -0.15) is 4.98 Å². The molecule has 0 fully saturated rings. The minimum absolute atomic E-state index is 0.561. The van der Waals surface area contributed by atoms with Gasteiger partial charge in [-0.3, -0.25) is 0 Å². The van der Waals surface area contributed by atoms with Crippen LogP contribution in [0.5, 0.6) is 11.6 Å². The smallest absolute Gasteiger partial charge is 0.241 e. The van der Waals surface area contributed by atoms with E-state index < -0.39 is 0 Å². The number of hydrogen-bond acceptors (Lipinski definition) is 3. The topological polar surface area (TPSA) is 52.5 Å². The number of pyridine rings is 1. The molecule has 0 amide bonds. The van der Waals surface area contributed by atoms with E-state index in [2.05, 4.69) is 24.9 Å². The highest BCUT2D eigenvalue weighted by Gasteiger charge is 2.14. The second-order valence-electron chi connectivity index (χ2n) is 5.13. The molecule has 0 atom stereocenters.